The van der Waals surface area contributed by atoms with Gasteiger partial charge in [0.25, 0.3) is 0 Å². The number of nitrogens with zero attached hydrogens (tertiary/aromatic N) is 1. The average Bonchev–Trinajstić information content (AvgIpc) is 2.15. The lowest BCUT2D eigenvalue weighted by Crippen LogP contribution is -2.35. The average molecular weight is 193 g/mol. The lowest BCUT2D eigenvalue weighted by atomic mass is 9.80. The van der Waals surface area contributed by atoms with Gasteiger partial charge in [-0.1, -0.05) is 19.9 Å². The molecule has 0 saturated heterocycles. The molecule has 76 valence electrons. The Hall–Kier alpha value is -0.865. The summed E-state index contributed by atoms with van der Waals surface area (Å²) in [5.41, 5.74) is 1.64. The first kappa shape index (κ1) is 11.2. The standard InChI is InChI=1S/C10H16BNO2/c1-8(2)7-14-11(13)10-5-4-9(3)12-6-10/h4-6,8,13H,7H2,1-3H3. The van der Waals surface area contributed by atoms with Crippen molar-refractivity contribution in [3.8, 4) is 0 Å². The fraction of sp³-hybridized carbons (Fsp3) is 0.500. The summed E-state index contributed by atoms with van der Waals surface area (Å²) in [7, 11) is -0.856. The summed E-state index contributed by atoms with van der Waals surface area (Å²) in [6, 6.07) is 3.69. The smallest absolute Gasteiger partial charge is 0.423 e. The molecule has 1 aromatic rings. The maximum atomic E-state index is 9.60. The number of hydrogen-bond acceptors (Lipinski definition) is 3. The summed E-state index contributed by atoms with van der Waals surface area (Å²) in [6.07, 6.45) is 1.64. The minimum atomic E-state index is -0.856. The van der Waals surface area contributed by atoms with E-state index in [1.54, 1.807) is 6.20 Å². The van der Waals surface area contributed by atoms with Gasteiger partial charge < -0.3 is 9.68 Å². The van der Waals surface area contributed by atoms with Crippen LogP contribution in [0.5, 0.6) is 0 Å². The molecule has 0 aromatic carbocycles. The van der Waals surface area contributed by atoms with Gasteiger partial charge in [-0.2, -0.15) is 0 Å². The minimum absolute atomic E-state index is 0.419. The number of rotatable bonds is 4. The monoisotopic (exact) mass is 193 g/mol. The van der Waals surface area contributed by atoms with E-state index in [0.717, 1.165) is 5.69 Å². The van der Waals surface area contributed by atoms with Crippen molar-refractivity contribution in [1.82, 2.24) is 4.98 Å². The third-order valence-corrected chi connectivity index (χ3v) is 1.81. The van der Waals surface area contributed by atoms with E-state index < -0.39 is 7.12 Å². The predicted octanol–water partition coefficient (Wildman–Crippen LogP) is 0.750. The van der Waals surface area contributed by atoms with Gasteiger partial charge >= 0.3 is 7.12 Å². The molecule has 0 radical (unpaired) electrons. The second-order valence-electron chi connectivity index (χ2n) is 3.81. The molecule has 0 aliphatic heterocycles. The molecule has 1 N–H and O–H groups in total. The highest BCUT2D eigenvalue weighted by Crippen LogP contribution is 1.95. The summed E-state index contributed by atoms with van der Waals surface area (Å²) in [5.74, 6) is 0.419. The van der Waals surface area contributed by atoms with E-state index in [9.17, 15) is 5.02 Å². The summed E-state index contributed by atoms with van der Waals surface area (Å²) in [4.78, 5) is 4.09. The highest BCUT2D eigenvalue weighted by molar-refractivity contribution is 6.59. The van der Waals surface area contributed by atoms with Gasteiger partial charge in [0.15, 0.2) is 0 Å². The van der Waals surface area contributed by atoms with Gasteiger partial charge in [-0.25, -0.2) is 0 Å². The van der Waals surface area contributed by atoms with Crippen LogP contribution in [0.3, 0.4) is 0 Å². The zero-order valence-corrected chi connectivity index (χ0v) is 8.90. The van der Waals surface area contributed by atoms with Gasteiger partial charge in [-0.3, -0.25) is 4.98 Å². The fourth-order valence-electron chi connectivity index (χ4n) is 1.01. The Morgan fingerprint density at radius 3 is 2.71 bits per heavy atom. The van der Waals surface area contributed by atoms with Gasteiger partial charge in [0, 0.05) is 24.0 Å². The summed E-state index contributed by atoms with van der Waals surface area (Å²) < 4.78 is 5.24. The zero-order chi connectivity index (χ0) is 10.6. The lowest BCUT2D eigenvalue weighted by Gasteiger charge is -2.09. The summed E-state index contributed by atoms with van der Waals surface area (Å²) in [6.45, 7) is 6.54. The predicted molar refractivity (Wildman–Crippen MR) is 57.4 cm³/mol. The Labute approximate surface area is 85.3 Å². The van der Waals surface area contributed by atoms with Crippen LogP contribution < -0.4 is 5.46 Å². The van der Waals surface area contributed by atoms with Crippen LogP contribution in [0, 0.1) is 12.8 Å². The van der Waals surface area contributed by atoms with Crippen LogP contribution in [0.1, 0.15) is 19.5 Å². The van der Waals surface area contributed by atoms with Crippen molar-refractivity contribution in [1.29, 1.82) is 0 Å². The minimum Gasteiger partial charge on any atom is -0.423 e. The third-order valence-electron chi connectivity index (χ3n) is 1.81. The van der Waals surface area contributed by atoms with E-state index in [2.05, 4.69) is 4.98 Å². The normalized spacial score (nSPS) is 10.6. The Morgan fingerprint density at radius 1 is 1.50 bits per heavy atom. The first-order chi connectivity index (χ1) is 6.59. The van der Waals surface area contributed by atoms with Crippen LogP contribution in [0.25, 0.3) is 0 Å². The van der Waals surface area contributed by atoms with Crippen molar-refractivity contribution < 1.29 is 9.68 Å². The van der Waals surface area contributed by atoms with E-state index >= 15 is 0 Å². The highest BCUT2D eigenvalue weighted by atomic mass is 16.5. The molecule has 0 amide bonds. The SMILES string of the molecule is Cc1ccc(B(O)OCC(C)C)cn1. The number of aryl methyl sites for hydroxylation is 1. The zero-order valence-electron chi connectivity index (χ0n) is 8.90. The second kappa shape index (κ2) is 5.12. The topological polar surface area (TPSA) is 42.4 Å². The molecule has 0 atom stereocenters. The molecule has 14 heavy (non-hydrogen) atoms. The molecule has 1 aromatic heterocycles. The van der Waals surface area contributed by atoms with Crippen LogP contribution in [-0.2, 0) is 4.65 Å². The summed E-state index contributed by atoms with van der Waals surface area (Å²) in [5, 5.41) is 9.60. The van der Waals surface area contributed by atoms with Crippen molar-refractivity contribution in [3.63, 3.8) is 0 Å². The number of hydrogen-bond donors (Lipinski definition) is 1. The molecule has 0 unspecified atom stereocenters. The molecule has 0 saturated carbocycles. The Balaban J connectivity index is 2.52. The Kier molecular flexibility index (Phi) is 4.10. The molecule has 0 aliphatic carbocycles. The maximum Gasteiger partial charge on any atom is 0.492 e. The number of aromatic nitrogens is 1. The van der Waals surface area contributed by atoms with Crippen molar-refractivity contribution in [3.05, 3.63) is 24.0 Å². The van der Waals surface area contributed by atoms with E-state index in [1.807, 2.05) is 32.9 Å². The molecule has 3 nitrogen and oxygen atoms in total. The van der Waals surface area contributed by atoms with Gasteiger partial charge in [0.05, 0.1) is 0 Å². The van der Waals surface area contributed by atoms with Gasteiger partial charge in [0.2, 0.25) is 0 Å². The van der Waals surface area contributed by atoms with E-state index in [-0.39, 0.29) is 0 Å². The molecule has 1 rings (SSSR count). The molecule has 0 fully saturated rings. The van der Waals surface area contributed by atoms with Crippen LogP contribution in [0.2, 0.25) is 0 Å². The van der Waals surface area contributed by atoms with Crippen LogP contribution in [0.15, 0.2) is 18.3 Å². The first-order valence-corrected chi connectivity index (χ1v) is 4.82. The highest BCUT2D eigenvalue weighted by Gasteiger charge is 2.16. The molecular formula is C10H16BNO2. The van der Waals surface area contributed by atoms with E-state index in [4.69, 9.17) is 4.65 Å². The van der Waals surface area contributed by atoms with Gasteiger partial charge in [-0.15, -0.1) is 0 Å². The van der Waals surface area contributed by atoms with Gasteiger partial charge in [0.1, 0.15) is 0 Å². The first-order valence-electron chi connectivity index (χ1n) is 4.82. The molecule has 4 heteroatoms. The quantitative estimate of drug-likeness (QED) is 0.717. The number of pyridine rings is 1. The van der Waals surface area contributed by atoms with Crippen molar-refractivity contribution in [2.75, 3.05) is 6.61 Å². The molecule has 0 spiro atoms. The molecule has 0 bridgehead atoms. The summed E-state index contributed by atoms with van der Waals surface area (Å²) >= 11 is 0. The molecule has 0 aliphatic rings. The Morgan fingerprint density at radius 2 is 2.21 bits per heavy atom. The van der Waals surface area contributed by atoms with Crippen LogP contribution in [-0.4, -0.2) is 23.7 Å². The largest absolute Gasteiger partial charge is 0.492 e. The maximum absolute atomic E-state index is 9.60. The van der Waals surface area contributed by atoms with Crippen LogP contribution in [0.4, 0.5) is 0 Å². The molecular weight excluding hydrogens is 177 g/mol. The lowest BCUT2D eigenvalue weighted by molar-refractivity contribution is 0.234. The third kappa shape index (κ3) is 3.48. The fourth-order valence-corrected chi connectivity index (χ4v) is 1.01. The molecule has 1 heterocycles. The van der Waals surface area contributed by atoms with Crippen molar-refractivity contribution >= 4 is 12.6 Å². The van der Waals surface area contributed by atoms with E-state index in [1.165, 1.54) is 0 Å². The second-order valence-corrected chi connectivity index (χ2v) is 3.81. The van der Waals surface area contributed by atoms with E-state index in [0.29, 0.717) is 18.0 Å². The van der Waals surface area contributed by atoms with Crippen LogP contribution >= 0.6 is 0 Å². The Bertz CT molecular complexity index is 274. The van der Waals surface area contributed by atoms with Gasteiger partial charge in [-0.05, 0) is 18.9 Å². The van der Waals surface area contributed by atoms with Crippen molar-refractivity contribution in [2.24, 2.45) is 5.92 Å². The van der Waals surface area contributed by atoms with Crippen molar-refractivity contribution in [2.45, 2.75) is 20.8 Å².